The van der Waals surface area contributed by atoms with Gasteiger partial charge in [-0.25, -0.2) is 4.39 Å². The van der Waals surface area contributed by atoms with Crippen LogP contribution < -0.4 is 16.2 Å². The van der Waals surface area contributed by atoms with Crippen LogP contribution in [0.3, 0.4) is 0 Å². The van der Waals surface area contributed by atoms with Crippen molar-refractivity contribution in [2.45, 2.75) is 12.5 Å². The highest BCUT2D eigenvalue weighted by molar-refractivity contribution is 5.85. The maximum absolute atomic E-state index is 13.0. The summed E-state index contributed by atoms with van der Waals surface area (Å²) < 4.78 is 18.2. The largest absolute Gasteiger partial charge is 0.491 e. The van der Waals surface area contributed by atoms with E-state index < -0.39 is 5.82 Å². The highest BCUT2D eigenvalue weighted by atomic mass is 35.5. The second kappa shape index (κ2) is 4.02. The zero-order chi connectivity index (χ0) is 9.42. The molecule has 5 heteroatoms. The van der Waals surface area contributed by atoms with Crippen molar-refractivity contribution in [3.63, 3.8) is 0 Å². The van der Waals surface area contributed by atoms with E-state index in [-0.39, 0.29) is 24.1 Å². The molecule has 0 saturated carbocycles. The van der Waals surface area contributed by atoms with Crippen LogP contribution in [0.2, 0.25) is 0 Å². The number of ether oxygens (including phenoxy) is 1. The molecule has 1 aromatic carbocycles. The maximum Gasteiger partial charge on any atom is 0.149 e. The van der Waals surface area contributed by atoms with Gasteiger partial charge < -0.3 is 16.2 Å². The van der Waals surface area contributed by atoms with Gasteiger partial charge in [0.2, 0.25) is 0 Å². The fraction of sp³-hybridized carbons (Fsp3) is 0.333. The molecule has 0 aromatic heterocycles. The van der Waals surface area contributed by atoms with E-state index in [4.69, 9.17) is 16.2 Å². The van der Waals surface area contributed by atoms with E-state index in [0.29, 0.717) is 12.4 Å². The molecule has 0 unspecified atom stereocenters. The molecular formula is C9H12ClFN2O. The zero-order valence-corrected chi connectivity index (χ0v) is 8.31. The molecule has 1 aromatic rings. The molecule has 4 N–H and O–H groups in total. The molecule has 0 fully saturated rings. The molecule has 0 spiro atoms. The van der Waals surface area contributed by atoms with Gasteiger partial charge in [0.1, 0.15) is 17.3 Å². The summed E-state index contributed by atoms with van der Waals surface area (Å²) in [6.45, 7) is 0.502. The molecule has 1 heterocycles. The number of fused-ring (bicyclic) bond motifs is 1. The van der Waals surface area contributed by atoms with Gasteiger partial charge >= 0.3 is 0 Å². The maximum atomic E-state index is 13.0. The van der Waals surface area contributed by atoms with Gasteiger partial charge in [0.25, 0.3) is 0 Å². The van der Waals surface area contributed by atoms with Crippen LogP contribution in [-0.4, -0.2) is 6.61 Å². The summed E-state index contributed by atoms with van der Waals surface area (Å²) in [4.78, 5) is 0. The van der Waals surface area contributed by atoms with Crippen LogP contribution in [0.5, 0.6) is 5.75 Å². The molecule has 0 amide bonds. The van der Waals surface area contributed by atoms with E-state index in [2.05, 4.69) is 0 Å². The lowest BCUT2D eigenvalue weighted by Crippen LogP contribution is -2.21. The molecule has 3 nitrogen and oxygen atoms in total. The van der Waals surface area contributed by atoms with Crippen molar-refractivity contribution in [2.75, 3.05) is 12.3 Å². The highest BCUT2D eigenvalue weighted by Gasteiger charge is 2.21. The lowest BCUT2D eigenvalue weighted by Gasteiger charge is -2.24. The number of benzene rings is 1. The number of anilines is 1. The average Bonchev–Trinajstić information content (AvgIpc) is 2.12. The number of halogens is 2. The molecule has 0 saturated heterocycles. The van der Waals surface area contributed by atoms with Crippen LogP contribution in [0.1, 0.15) is 18.0 Å². The summed E-state index contributed by atoms with van der Waals surface area (Å²) in [5.41, 5.74) is 12.2. The smallest absolute Gasteiger partial charge is 0.149 e. The molecule has 1 atom stereocenters. The van der Waals surface area contributed by atoms with Crippen LogP contribution >= 0.6 is 12.4 Å². The third-order valence-electron chi connectivity index (χ3n) is 2.25. The Bertz CT molecular complexity index is 346. The Morgan fingerprint density at radius 1 is 1.43 bits per heavy atom. The topological polar surface area (TPSA) is 61.3 Å². The molecule has 1 aliphatic heterocycles. The van der Waals surface area contributed by atoms with E-state index >= 15 is 0 Å². The van der Waals surface area contributed by atoms with Crippen LogP contribution in [0.25, 0.3) is 0 Å². The predicted octanol–water partition coefficient (Wildman–Crippen LogP) is 1.61. The van der Waals surface area contributed by atoms with Gasteiger partial charge in [0, 0.05) is 18.0 Å². The first kappa shape index (κ1) is 11.1. The van der Waals surface area contributed by atoms with Gasteiger partial charge in [-0.2, -0.15) is 0 Å². The molecule has 0 bridgehead atoms. The minimum absolute atomic E-state index is 0. The summed E-state index contributed by atoms with van der Waals surface area (Å²) in [6, 6.07) is 2.86. The van der Waals surface area contributed by atoms with Gasteiger partial charge in [0.05, 0.1) is 6.61 Å². The van der Waals surface area contributed by atoms with Crippen LogP contribution in [0.4, 0.5) is 10.1 Å². The van der Waals surface area contributed by atoms with E-state index in [9.17, 15) is 4.39 Å². The Balaban J connectivity index is 0.000000980. The van der Waals surface area contributed by atoms with Gasteiger partial charge in [0.15, 0.2) is 0 Å². The standard InChI is InChI=1S/C9H11FN2O.ClH/c10-6-2-1-5-7(11)3-4-13-9(5)8(6)12;/h1-2,7H,3-4,11-12H2;1H/t7-;/m1./s1. The highest BCUT2D eigenvalue weighted by Crippen LogP contribution is 2.36. The summed E-state index contributed by atoms with van der Waals surface area (Å²) >= 11 is 0. The number of nitrogens with two attached hydrogens (primary N) is 2. The van der Waals surface area contributed by atoms with Crippen molar-refractivity contribution >= 4 is 18.1 Å². The Kier molecular flexibility index (Phi) is 3.18. The Morgan fingerprint density at radius 3 is 2.86 bits per heavy atom. The van der Waals surface area contributed by atoms with E-state index in [1.807, 2.05) is 0 Å². The van der Waals surface area contributed by atoms with Crippen LogP contribution in [0.15, 0.2) is 12.1 Å². The van der Waals surface area contributed by atoms with Crippen molar-refractivity contribution < 1.29 is 9.13 Å². The van der Waals surface area contributed by atoms with Gasteiger partial charge in [-0.05, 0) is 6.07 Å². The van der Waals surface area contributed by atoms with E-state index in [0.717, 1.165) is 12.0 Å². The first-order chi connectivity index (χ1) is 6.20. The van der Waals surface area contributed by atoms with Gasteiger partial charge in [-0.1, -0.05) is 6.07 Å². The Morgan fingerprint density at radius 2 is 2.14 bits per heavy atom. The minimum Gasteiger partial charge on any atom is -0.491 e. The monoisotopic (exact) mass is 218 g/mol. The average molecular weight is 219 g/mol. The SMILES string of the molecule is Cl.Nc1c(F)ccc2c1OCC[C@H]2N. The van der Waals surface area contributed by atoms with E-state index in [1.165, 1.54) is 6.07 Å². The number of hydrogen-bond acceptors (Lipinski definition) is 3. The second-order valence-corrected chi connectivity index (χ2v) is 3.12. The summed E-state index contributed by atoms with van der Waals surface area (Å²) in [5, 5.41) is 0. The molecular weight excluding hydrogens is 207 g/mol. The number of hydrogen-bond donors (Lipinski definition) is 2. The fourth-order valence-electron chi connectivity index (χ4n) is 1.49. The lowest BCUT2D eigenvalue weighted by molar-refractivity contribution is 0.269. The zero-order valence-electron chi connectivity index (χ0n) is 7.50. The Labute approximate surface area is 87.6 Å². The molecule has 2 rings (SSSR count). The van der Waals surface area contributed by atoms with Gasteiger partial charge in [-0.15, -0.1) is 12.4 Å². The lowest BCUT2D eigenvalue weighted by atomic mass is 10.0. The Hall–Kier alpha value is -1.00. The fourth-order valence-corrected chi connectivity index (χ4v) is 1.49. The normalized spacial score (nSPS) is 19.1. The minimum atomic E-state index is -0.451. The van der Waals surface area contributed by atoms with Crippen molar-refractivity contribution in [1.82, 2.24) is 0 Å². The van der Waals surface area contributed by atoms with E-state index in [1.54, 1.807) is 6.07 Å². The van der Waals surface area contributed by atoms with Crippen molar-refractivity contribution in [2.24, 2.45) is 5.73 Å². The molecule has 1 aliphatic rings. The first-order valence-corrected chi connectivity index (χ1v) is 4.16. The quantitative estimate of drug-likeness (QED) is 0.651. The second-order valence-electron chi connectivity index (χ2n) is 3.12. The van der Waals surface area contributed by atoms with Crippen molar-refractivity contribution in [3.05, 3.63) is 23.5 Å². The van der Waals surface area contributed by atoms with Crippen molar-refractivity contribution in [3.8, 4) is 5.75 Å². The number of rotatable bonds is 0. The predicted molar refractivity (Wildman–Crippen MR) is 55.1 cm³/mol. The third-order valence-corrected chi connectivity index (χ3v) is 2.25. The third kappa shape index (κ3) is 1.63. The summed E-state index contributed by atoms with van der Waals surface area (Å²) in [6.07, 6.45) is 0.748. The van der Waals surface area contributed by atoms with Gasteiger partial charge in [-0.3, -0.25) is 0 Å². The summed E-state index contributed by atoms with van der Waals surface area (Å²) in [7, 11) is 0. The molecule has 14 heavy (non-hydrogen) atoms. The molecule has 0 radical (unpaired) electrons. The number of nitrogen functional groups attached to an aromatic ring is 1. The van der Waals surface area contributed by atoms with Crippen LogP contribution in [-0.2, 0) is 0 Å². The summed E-state index contributed by atoms with van der Waals surface area (Å²) in [5.74, 6) is -0.0356. The van der Waals surface area contributed by atoms with Crippen molar-refractivity contribution in [1.29, 1.82) is 0 Å². The molecule has 0 aliphatic carbocycles. The molecule has 78 valence electrons. The van der Waals surface area contributed by atoms with Crippen LogP contribution in [0, 0.1) is 5.82 Å². The first-order valence-electron chi connectivity index (χ1n) is 4.16.